The number of rotatable bonds is 6. The number of halogens is 1. The van der Waals surface area contributed by atoms with Crippen LogP contribution in [0.3, 0.4) is 0 Å². The van der Waals surface area contributed by atoms with Gasteiger partial charge in [-0.05, 0) is 65.4 Å². The Kier molecular flexibility index (Phi) is 7.72. The zero-order chi connectivity index (χ0) is 26.6. The molecule has 0 radical (unpaired) electrons. The third-order valence-electron chi connectivity index (χ3n) is 6.54. The SMILES string of the molecule is COc1cccc(N2CCN(C(=O)c3ccc(C=C4SC(=O)N(Cc5cccc(Cl)c5)C4=O)cc3)CC2)c1. The van der Waals surface area contributed by atoms with E-state index in [-0.39, 0.29) is 23.6 Å². The van der Waals surface area contributed by atoms with Gasteiger partial charge >= 0.3 is 0 Å². The molecule has 2 aliphatic heterocycles. The number of piperazine rings is 1. The van der Waals surface area contributed by atoms with Crippen LogP contribution < -0.4 is 9.64 Å². The van der Waals surface area contributed by atoms with Crippen molar-refractivity contribution in [3.63, 3.8) is 0 Å². The quantitative estimate of drug-likeness (QED) is 0.377. The number of imide groups is 1. The van der Waals surface area contributed by atoms with Crippen LogP contribution >= 0.6 is 23.4 Å². The highest BCUT2D eigenvalue weighted by Gasteiger charge is 2.35. The first kappa shape index (κ1) is 25.9. The molecule has 0 aliphatic carbocycles. The Bertz CT molecular complexity index is 1400. The molecule has 0 spiro atoms. The van der Waals surface area contributed by atoms with Crippen LogP contribution in [0, 0.1) is 0 Å². The summed E-state index contributed by atoms with van der Waals surface area (Å²) in [6.45, 7) is 2.89. The number of benzene rings is 3. The molecular formula is C29H26ClN3O4S. The first-order chi connectivity index (χ1) is 18.4. The monoisotopic (exact) mass is 547 g/mol. The van der Waals surface area contributed by atoms with Gasteiger partial charge in [-0.1, -0.05) is 41.9 Å². The molecule has 0 aromatic heterocycles. The highest BCUT2D eigenvalue weighted by molar-refractivity contribution is 8.18. The molecule has 3 amide bonds. The fourth-order valence-corrected chi connectivity index (χ4v) is 5.54. The second-order valence-electron chi connectivity index (χ2n) is 9.00. The standard InChI is InChI=1S/C29H26ClN3O4S/c1-37-25-7-3-6-24(18-25)31-12-14-32(15-13-31)27(34)22-10-8-20(9-11-22)17-26-28(35)33(29(36)38-26)19-21-4-2-5-23(30)16-21/h2-11,16-18H,12-15,19H2,1H3. The average molecular weight is 548 g/mol. The van der Waals surface area contributed by atoms with Crippen molar-refractivity contribution < 1.29 is 19.1 Å². The van der Waals surface area contributed by atoms with Crippen molar-refractivity contribution in [1.29, 1.82) is 0 Å². The lowest BCUT2D eigenvalue weighted by Gasteiger charge is -2.36. The maximum atomic E-state index is 13.1. The number of anilines is 1. The van der Waals surface area contributed by atoms with E-state index in [1.54, 1.807) is 55.7 Å². The van der Waals surface area contributed by atoms with Crippen molar-refractivity contribution in [3.05, 3.63) is 99.4 Å². The zero-order valence-electron chi connectivity index (χ0n) is 20.8. The number of methoxy groups -OCH3 is 1. The maximum absolute atomic E-state index is 13.1. The molecule has 5 rings (SSSR count). The molecule has 2 heterocycles. The summed E-state index contributed by atoms with van der Waals surface area (Å²) < 4.78 is 5.32. The third kappa shape index (κ3) is 5.71. The summed E-state index contributed by atoms with van der Waals surface area (Å²) in [6.07, 6.45) is 1.68. The van der Waals surface area contributed by atoms with Gasteiger partial charge in [0.1, 0.15) is 5.75 Å². The van der Waals surface area contributed by atoms with Gasteiger partial charge < -0.3 is 14.5 Å². The van der Waals surface area contributed by atoms with Crippen molar-refractivity contribution in [1.82, 2.24) is 9.80 Å². The minimum atomic E-state index is -0.339. The fourth-order valence-electron chi connectivity index (χ4n) is 4.48. The summed E-state index contributed by atoms with van der Waals surface area (Å²) in [5.74, 6) is 0.449. The van der Waals surface area contributed by atoms with Crippen LogP contribution in [0.5, 0.6) is 5.75 Å². The second-order valence-corrected chi connectivity index (χ2v) is 10.4. The van der Waals surface area contributed by atoms with Crippen LogP contribution in [0.15, 0.2) is 77.7 Å². The molecule has 7 nitrogen and oxygen atoms in total. The van der Waals surface area contributed by atoms with Crippen molar-refractivity contribution in [2.45, 2.75) is 6.54 Å². The first-order valence-corrected chi connectivity index (χ1v) is 13.4. The van der Waals surface area contributed by atoms with E-state index in [0.29, 0.717) is 28.6 Å². The number of hydrogen-bond donors (Lipinski definition) is 0. The number of amides is 3. The van der Waals surface area contributed by atoms with E-state index in [9.17, 15) is 14.4 Å². The molecule has 3 aromatic carbocycles. The van der Waals surface area contributed by atoms with Crippen LogP contribution in [0.4, 0.5) is 10.5 Å². The number of hydrogen-bond acceptors (Lipinski definition) is 6. The Morgan fingerprint density at radius 1 is 0.974 bits per heavy atom. The van der Waals surface area contributed by atoms with Gasteiger partial charge in [0, 0.05) is 48.5 Å². The van der Waals surface area contributed by atoms with Gasteiger partial charge in [-0.3, -0.25) is 19.3 Å². The van der Waals surface area contributed by atoms with E-state index >= 15 is 0 Å². The molecule has 2 saturated heterocycles. The Labute approximate surface area is 230 Å². The van der Waals surface area contributed by atoms with Crippen LogP contribution in [0.1, 0.15) is 21.5 Å². The summed E-state index contributed by atoms with van der Waals surface area (Å²) in [4.78, 5) is 44.1. The van der Waals surface area contributed by atoms with Crippen molar-refractivity contribution in [2.75, 3.05) is 38.2 Å². The number of nitrogens with zero attached hydrogens (tertiary/aromatic N) is 3. The summed E-state index contributed by atoms with van der Waals surface area (Å²) in [5.41, 5.74) is 3.20. The predicted molar refractivity (Wildman–Crippen MR) is 151 cm³/mol. The molecule has 0 atom stereocenters. The van der Waals surface area contributed by atoms with Gasteiger partial charge in [0.15, 0.2) is 0 Å². The minimum absolute atomic E-state index is 0.0244. The van der Waals surface area contributed by atoms with E-state index in [2.05, 4.69) is 4.90 Å². The van der Waals surface area contributed by atoms with Gasteiger partial charge in [0.25, 0.3) is 17.1 Å². The van der Waals surface area contributed by atoms with Gasteiger partial charge in [-0.25, -0.2) is 0 Å². The number of thioether (sulfide) groups is 1. The van der Waals surface area contributed by atoms with Crippen molar-refractivity contribution >= 4 is 52.2 Å². The third-order valence-corrected chi connectivity index (χ3v) is 7.69. The second kappa shape index (κ2) is 11.3. The highest BCUT2D eigenvalue weighted by Crippen LogP contribution is 2.33. The Morgan fingerprint density at radius 3 is 2.42 bits per heavy atom. The molecule has 0 saturated carbocycles. The number of carbonyl (C=O) groups is 3. The lowest BCUT2D eigenvalue weighted by atomic mass is 10.1. The van der Waals surface area contributed by atoms with Gasteiger partial charge in [0.05, 0.1) is 18.6 Å². The summed E-state index contributed by atoms with van der Waals surface area (Å²) in [6, 6.07) is 22.1. The van der Waals surface area contributed by atoms with Gasteiger partial charge in [-0.15, -0.1) is 0 Å². The largest absolute Gasteiger partial charge is 0.497 e. The summed E-state index contributed by atoms with van der Waals surface area (Å²) in [7, 11) is 1.65. The Balaban J connectivity index is 1.20. The number of carbonyl (C=O) groups excluding carboxylic acids is 3. The Morgan fingerprint density at radius 2 is 1.71 bits per heavy atom. The molecule has 2 aliphatic rings. The van der Waals surface area contributed by atoms with Gasteiger partial charge in [-0.2, -0.15) is 0 Å². The van der Waals surface area contributed by atoms with Crippen molar-refractivity contribution in [2.24, 2.45) is 0 Å². The first-order valence-electron chi connectivity index (χ1n) is 12.2. The molecule has 0 unspecified atom stereocenters. The van der Waals surface area contributed by atoms with Crippen LogP contribution in [0.25, 0.3) is 6.08 Å². The van der Waals surface area contributed by atoms with E-state index in [1.165, 1.54) is 4.90 Å². The predicted octanol–water partition coefficient (Wildman–Crippen LogP) is 5.55. The topological polar surface area (TPSA) is 70.2 Å². The smallest absolute Gasteiger partial charge is 0.293 e. The summed E-state index contributed by atoms with van der Waals surface area (Å²) >= 11 is 6.94. The normalized spacial score (nSPS) is 16.9. The fraction of sp³-hybridized carbons (Fsp3) is 0.207. The zero-order valence-corrected chi connectivity index (χ0v) is 22.4. The minimum Gasteiger partial charge on any atom is -0.497 e. The number of ether oxygens (including phenoxy) is 1. The van der Waals surface area contributed by atoms with E-state index in [1.807, 2.05) is 35.2 Å². The van der Waals surface area contributed by atoms with Crippen LogP contribution in [-0.4, -0.2) is 60.1 Å². The van der Waals surface area contributed by atoms with Gasteiger partial charge in [0.2, 0.25) is 0 Å². The molecule has 194 valence electrons. The van der Waals surface area contributed by atoms with Crippen molar-refractivity contribution in [3.8, 4) is 5.75 Å². The average Bonchev–Trinajstić information content (AvgIpc) is 3.20. The molecule has 2 fully saturated rings. The summed E-state index contributed by atoms with van der Waals surface area (Å²) in [5, 5.41) is 0.236. The Hall–Kier alpha value is -3.75. The lowest BCUT2D eigenvalue weighted by Crippen LogP contribution is -2.48. The van der Waals surface area contributed by atoms with E-state index in [4.69, 9.17) is 16.3 Å². The molecule has 0 bridgehead atoms. The molecule has 0 N–H and O–H groups in total. The maximum Gasteiger partial charge on any atom is 0.293 e. The van der Waals surface area contributed by atoms with E-state index in [0.717, 1.165) is 47.4 Å². The lowest BCUT2D eigenvalue weighted by molar-refractivity contribution is -0.123. The molecule has 9 heteroatoms. The van der Waals surface area contributed by atoms with E-state index < -0.39 is 0 Å². The van der Waals surface area contributed by atoms with Crippen LogP contribution in [0.2, 0.25) is 5.02 Å². The van der Waals surface area contributed by atoms with Crippen LogP contribution in [-0.2, 0) is 11.3 Å². The molecule has 38 heavy (non-hydrogen) atoms. The molecular weight excluding hydrogens is 522 g/mol. The highest BCUT2D eigenvalue weighted by atomic mass is 35.5. The molecule has 3 aromatic rings.